The maximum atomic E-state index is 14.0. The van der Waals surface area contributed by atoms with Crippen molar-refractivity contribution < 1.29 is 22.7 Å². The molecule has 0 heterocycles. The zero-order valence-electron chi connectivity index (χ0n) is 23.3. The van der Waals surface area contributed by atoms with Gasteiger partial charge in [0.2, 0.25) is 11.8 Å². The number of likely N-dealkylation sites (N-methyl/N-ethyl adjacent to an activating group) is 1. The van der Waals surface area contributed by atoms with Gasteiger partial charge in [0.25, 0.3) is 10.0 Å². The first-order valence-corrected chi connectivity index (χ1v) is 15.1. The number of nitrogens with one attached hydrogen (secondary N) is 1. The molecule has 0 spiro atoms. The van der Waals surface area contributed by atoms with Gasteiger partial charge in [0.05, 0.1) is 17.2 Å². The summed E-state index contributed by atoms with van der Waals surface area (Å²) in [6.07, 6.45) is 0.358. The molecule has 10 heteroatoms. The third kappa shape index (κ3) is 7.76. The maximum Gasteiger partial charge on any atom is 0.264 e. The molecule has 0 aromatic heterocycles. The van der Waals surface area contributed by atoms with Crippen molar-refractivity contribution in [2.45, 2.75) is 51.6 Å². The number of aryl methyl sites for hydroxylation is 1. The van der Waals surface area contributed by atoms with Crippen LogP contribution < -0.4 is 14.4 Å². The summed E-state index contributed by atoms with van der Waals surface area (Å²) in [4.78, 5) is 28.4. The molecule has 1 N–H and O–H groups in total. The quantitative estimate of drug-likeness (QED) is 0.298. The second-order valence-electron chi connectivity index (χ2n) is 9.22. The molecule has 3 rings (SSSR count). The van der Waals surface area contributed by atoms with E-state index in [1.807, 2.05) is 52.0 Å². The van der Waals surface area contributed by atoms with Crippen LogP contribution in [0.15, 0.2) is 77.7 Å². The Balaban J connectivity index is 2.05. The highest BCUT2D eigenvalue weighted by Crippen LogP contribution is 2.27. The summed E-state index contributed by atoms with van der Waals surface area (Å²) in [6, 6.07) is 19.1. The van der Waals surface area contributed by atoms with Crippen LogP contribution >= 0.6 is 11.6 Å². The van der Waals surface area contributed by atoms with Crippen molar-refractivity contribution in [3.8, 4) is 5.75 Å². The van der Waals surface area contributed by atoms with Crippen LogP contribution in [0.3, 0.4) is 0 Å². The highest BCUT2D eigenvalue weighted by atomic mass is 35.5. The predicted octanol–water partition coefficient (Wildman–Crippen LogP) is 5.19. The molecule has 1 atom stereocenters. The van der Waals surface area contributed by atoms with Crippen LogP contribution in [-0.4, -0.2) is 50.9 Å². The number of halogens is 1. The van der Waals surface area contributed by atoms with E-state index < -0.39 is 28.5 Å². The molecule has 2 amide bonds. The third-order valence-electron chi connectivity index (χ3n) is 6.33. The molecule has 0 aliphatic carbocycles. The SMILES string of the molecule is CCNC(=O)[C@H](CC)N(Cc1ccc(C)cc1)C(=O)CN(c1ccc(OCC)cc1)S(=O)(=O)c1ccc(Cl)cc1. The highest BCUT2D eigenvalue weighted by Gasteiger charge is 2.33. The van der Waals surface area contributed by atoms with Crippen molar-refractivity contribution in [2.75, 3.05) is 24.0 Å². The van der Waals surface area contributed by atoms with E-state index >= 15 is 0 Å². The minimum Gasteiger partial charge on any atom is -0.494 e. The second kappa shape index (κ2) is 14.2. The van der Waals surface area contributed by atoms with E-state index in [-0.39, 0.29) is 23.0 Å². The average molecular weight is 586 g/mol. The fraction of sp³-hybridized carbons (Fsp3) is 0.333. The number of anilines is 1. The van der Waals surface area contributed by atoms with E-state index in [9.17, 15) is 18.0 Å². The maximum absolute atomic E-state index is 14.0. The zero-order valence-corrected chi connectivity index (χ0v) is 24.8. The van der Waals surface area contributed by atoms with Crippen LogP contribution in [0, 0.1) is 6.92 Å². The fourth-order valence-corrected chi connectivity index (χ4v) is 5.78. The standard InChI is InChI=1S/C30H36ClN3O5S/c1-5-28(30(36)32-6-2)33(20-23-10-8-22(4)9-11-23)29(35)21-34(25-14-16-26(17-15-25)39-7-3)40(37,38)27-18-12-24(31)13-19-27/h8-19,28H,5-7,20-21H2,1-4H3,(H,32,36)/t28-/m0/s1. The number of benzene rings is 3. The summed E-state index contributed by atoms with van der Waals surface area (Å²) in [5.74, 6) is -0.228. The third-order valence-corrected chi connectivity index (χ3v) is 8.37. The predicted molar refractivity (Wildman–Crippen MR) is 158 cm³/mol. The highest BCUT2D eigenvalue weighted by molar-refractivity contribution is 7.92. The fourth-order valence-electron chi connectivity index (χ4n) is 4.24. The van der Waals surface area contributed by atoms with Crippen LogP contribution in [0.5, 0.6) is 5.75 Å². The number of rotatable bonds is 13. The van der Waals surface area contributed by atoms with E-state index in [2.05, 4.69) is 5.32 Å². The first kappa shape index (κ1) is 31.0. The summed E-state index contributed by atoms with van der Waals surface area (Å²) in [5.41, 5.74) is 2.18. The first-order chi connectivity index (χ1) is 19.1. The van der Waals surface area contributed by atoms with Gasteiger partial charge in [-0.2, -0.15) is 0 Å². The molecule has 0 aliphatic heterocycles. The number of hydrogen-bond donors (Lipinski definition) is 1. The molecule has 3 aromatic carbocycles. The normalized spacial score (nSPS) is 11.9. The lowest BCUT2D eigenvalue weighted by Gasteiger charge is -2.33. The van der Waals surface area contributed by atoms with Crippen LogP contribution in [0.4, 0.5) is 5.69 Å². The summed E-state index contributed by atoms with van der Waals surface area (Å²) in [6.45, 7) is 7.94. The Labute approximate surface area is 241 Å². The van der Waals surface area contributed by atoms with Crippen LogP contribution in [0.1, 0.15) is 38.3 Å². The number of ether oxygens (including phenoxy) is 1. The molecule has 40 heavy (non-hydrogen) atoms. The van der Waals surface area contributed by atoms with E-state index in [0.717, 1.165) is 15.4 Å². The Morgan fingerprint density at radius 3 is 2.10 bits per heavy atom. The van der Waals surface area contributed by atoms with Gasteiger partial charge in [-0.25, -0.2) is 8.42 Å². The van der Waals surface area contributed by atoms with Gasteiger partial charge in [-0.1, -0.05) is 48.4 Å². The molecule has 0 unspecified atom stereocenters. The second-order valence-corrected chi connectivity index (χ2v) is 11.5. The van der Waals surface area contributed by atoms with Gasteiger partial charge in [0.15, 0.2) is 0 Å². The van der Waals surface area contributed by atoms with Gasteiger partial charge in [0.1, 0.15) is 18.3 Å². The first-order valence-electron chi connectivity index (χ1n) is 13.2. The van der Waals surface area contributed by atoms with Gasteiger partial charge in [-0.05, 0) is 81.3 Å². The largest absolute Gasteiger partial charge is 0.494 e. The lowest BCUT2D eigenvalue weighted by atomic mass is 10.1. The summed E-state index contributed by atoms with van der Waals surface area (Å²) in [7, 11) is -4.18. The molecule has 0 fully saturated rings. The molecule has 8 nitrogen and oxygen atoms in total. The van der Waals surface area contributed by atoms with Crippen molar-refractivity contribution >= 4 is 39.1 Å². The van der Waals surface area contributed by atoms with E-state index in [1.54, 1.807) is 24.3 Å². The lowest BCUT2D eigenvalue weighted by Crippen LogP contribution is -2.52. The number of hydrogen-bond acceptors (Lipinski definition) is 5. The lowest BCUT2D eigenvalue weighted by molar-refractivity contribution is -0.140. The minimum atomic E-state index is -4.18. The monoisotopic (exact) mass is 585 g/mol. The van der Waals surface area contributed by atoms with Crippen molar-refractivity contribution in [1.82, 2.24) is 10.2 Å². The molecule has 214 valence electrons. The van der Waals surface area contributed by atoms with Crippen LogP contribution in [0.2, 0.25) is 5.02 Å². The smallest absolute Gasteiger partial charge is 0.264 e. The van der Waals surface area contributed by atoms with E-state index in [4.69, 9.17) is 16.3 Å². The van der Waals surface area contributed by atoms with E-state index in [0.29, 0.717) is 30.3 Å². The number of amides is 2. The van der Waals surface area contributed by atoms with Gasteiger partial charge in [0, 0.05) is 18.1 Å². The summed E-state index contributed by atoms with van der Waals surface area (Å²) < 4.78 is 34.3. The Hall–Kier alpha value is -3.56. The minimum absolute atomic E-state index is 0.0144. The Morgan fingerprint density at radius 1 is 0.925 bits per heavy atom. The molecule has 3 aromatic rings. The summed E-state index contributed by atoms with van der Waals surface area (Å²) in [5, 5.41) is 3.19. The number of nitrogens with zero attached hydrogens (tertiary/aromatic N) is 2. The van der Waals surface area contributed by atoms with Gasteiger partial charge in [-0.15, -0.1) is 0 Å². The van der Waals surface area contributed by atoms with Crippen molar-refractivity contribution in [2.24, 2.45) is 0 Å². The van der Waals surface area contributed by atoms with Gasteiger partial charge < -0.3 is 15.0 Å². The molecule has 0 saturated carbocycles. The van der Waals surface area contributed by atoms with Gasteiger partial charge in [-0.3, -0.25) is 13.9 Å². The molecule has 0 radical (unpaired) electrons. The zero-order chi connectivity index (χ0) is 29.3. The van der Waals surface area contributed by atoms with Crippen LogP contribution in [0.25, 0.3) is 0 Å². The Kier molecular flexibility index (Phi) is 11.0. The average Bonchev–Trinajstić information content (AvgIpc) is 2.93. The number of carbonyl (C=O) groups is 2. The molecular weight excluding hydrogens is 550 g/mol. The van der Waals surface area contributed by atoms with Crippen molar-refractivity contribution in [3.63, 3.8) is 0 Å². The Morgan fingerprint density at radius 2 is 1.55 bits per heavy atom. The van der Waals surface area contributed by atoms with Crippen LogP contribution in [-0.2, 0) is 26.2 Å². The molecule has 0 bridgehead atoms. The molecule has 0 aliphatic rings. The topological polar surface area (TPSA) is 96.0 Å². The number of sulfonamides is 1. The Bertz CT molecular complexity index is 1380. The van der Waals surface area contributed by atoms with E-state index in [1.165, 1.54) is 29.2 Å². The molecular formula is C30H36ClN3O5S. The number of carbonyl (C=O) groups excluding carboxylic acids is 2. The van der Waals surface area contributed by atoms with Crippen molar-refractivity contribution in [1.29, 1.82) is 0 Å². The summed E-state index contributed by atoms with van der Waals surface area (Å²) >= 11 is 6.00. The van der Waals surface area contributed by atoms with Crippen molar-refractivity contribution in [3.05, 3.63) is 88.9 Å². The molecule has 0 saturated heterocycles. The van der Waals surface area contributed by atoms with Gasteiger partial charge >= 0.3 is 0 Å².